The van der Waals surface area contributed by atoms with Gasteiger partial charge in [0.15, 0.2) is 17.4 Å². The molecule has 3 rings (SSSR count). The number of carbonyl (C=O) groups excluding carboxylic acids is 1. The van der Waals surface area contributed by atoms with Crippen molar-refractivity contribution in [3.05, 3.63) is 65.1 Å². The number of rotatable bonds is 4. The first kappa shape index (κ1) is 15.1. The fraction of sp³-hybridized carbons (Fsp3) is 0.0625. The molecular weight excluding hydrogens is 316 g/mol. The van der Waals surface area contributed by atoms with E-state index in [1.807, 2.05) is 25.1 Å². The molecule has 0 bridgehead atoms. The molecule has 1 aromatic carbocycles. The van der Waals surface area contributed by atoms with Crippen molar-refractivity contribution in [3.63, 3.8) is 0 Å². The molecule has 0 fully saturated rings. The van der Waals surface area contributed by atoms with Gasteiger partial charge in [-0.15, -0.1) is 10.2 Å². The Morgan fingerprint density at radius 2 is 1.91 bits per heavy atom. The molecule has 23 heavy (non-hydrogen) atoms. The maximum atomic E-state index is 11.8. The van der Waals surface area contributed by atoms with Crippen LogP contribution in [0.4, 0.5) is 17.3 Å². The lowest BCUT2D eigenvalue weighted by Gasteiger charge is -2.09. The zero-order valence-electron chi connectivity index (χ0n) is 12.2. The summed E-state index contributed by atoms with van der Waals surface area (Å²) < 4.78 is 5.01. The summed E-state index contributed by atoms with van der Waals surface area (Å²) in [5, 5.41) is 14.4. The van der Waals surface area contributed by atoms with Crippen molar-refractivity contribution < 1.29 is 9.21 Å². The van der Waals surface area contributed by atoms with Crippen LogP contribution in [0.25, 0.3) is 0 Å². The average molecular weight is 329 g/mol. The molecule has 0 aliphatic rings. The monoisotopic (exact) mass is 328 g/mol. The Morgan fingerprint density at radius 1 is 1.13 bits per heavy atom. The van der Waals surface area contributed by atoms with Gasteiger partial charge in [0.1, 0.15) is 0 Å². The lowest BCUT2D eigenvalue weighted by molar-refractivity contribution is 0.0996. The first-order chi connectivity index (χ1) is 11.1. The number of amides is 1. The first-order valence-corrected chi connectivity index (χ1v) is 7.21. The van der Waals surface area contributed by atoms with E-state index in [9.17, 15) is 4.79 Å². The highest BCUT2D eigenvalue weighted by atomic mass is 35.5. The molecule has 116 valence electrons. The smallest absolute Gasteiger partial charge is 0.292 e. The van der Waals surface area contributed by atoms with Gasteiger partial charge in [-0.25, -0.2) is 0 Å². The van der Waals surface area contributed by atoms with Gasteiger partial charge in [0.05, 0.1) is 6.26 Å². The molecule has 0 spiro atoms. The minimum absolute atomic E-state index is 0.212. The number of furan rings is 1. The number of halogens is 1. The molecule has 0 aliphatic heterocycles. The van der Waals surface area contributed by atoms with Gasteiger partial charge in [-0.1, -0.05) is 17.7 Å². The number of carbonyl (C=O) groups is 1. The van der Waals surface area contributed by atoms with E-state index < -0.39 is 0 Å². The van der Waals surface area contributed by atoms with Crippen molar-refractivity contribution in [2.75, 3.05) is 10.6 Å². The third-order valence-corrected chi connectivity index (χ3v) is 3.35. The van der Waals surface area contributed by atoms with Crippen molar-refractivity contribution >= 4 is 34.8 Å². The van der Waals surface area contributed by atoms with E-state index in [0.717, 1.165) is 11.3 Å². The molecule has 0 aliphatic carbocycles. The molecule has 2 heterocycles. The fourth-order valence-corrected chi connectivity index (χ4v) is 2.09. The predicted molar refractivity (Wildman–Crippen MR) is 88.2 cm³/mol. The summed E-state index contributed by atoms with van der Waals surface area (Å²) in [6, 6.07) is 12.1. The number of benzene rings is 1. The van der Waals surface area contributed by atoms with Crippen LogP contribution in [0.1, 0.15) is 16.1 Å². The molecule has 0 unspecified atom stereocenters. The molecule has 6 nitrogen and oxygen atoms in total. The summed E-state index contributed by atoms with van der Waals surface area (Å²) >= 11 is 5.98. The fourth-order valence-electron chi connectivity index (χ4n) is 1.92. The zero-order chi connectivity index (χ0) is 16.2. The predicted octanol–water partition coefficient (Wildman–Crippen LogP) is 4.03. The second kappa shape index (κ2) is 6.50. The second-order valence-electron chi connectivity index (χ2n) is 4.82. The lowest BCUT2D eigenvalue weighted by Crippen LogP contribution is -2.12. The Balaban J connectivity index is 1.70. The van der Waals surface area contributed by atoms with Crippen LogP contribution in [0.3, 0.4) is 0 Å². The van der Waals surface area contributed by atoms with Crippen molar-refractivity contribution in [1.29, 1.82) is 0 Å². The molecule has 0 radical (unpaired) electrons. The first-order valence-electron chi connectivity index (χ1n) is 6.83. The molecule has 0 atom stereocenters. The van der Waals surface area contributed by atoms with Crippen LogP contribution in [0.2, 0.25) is 5.02 Å². The van der Waals surface area contributed by atoms with Gasteiger partial charge in [0, 0.05) is 10.7 Å². The average Bonchev–Trinajstić information content (AvgIpc) is 3.07. The highest BCUT2D eigenvalue weighted by Gasteiger charge is 2.10. The summed E-state index contributed by atoms with van der Waals surface area (Å²) in [6.45, 7) is 1.96. The summed E-state index contributed by atoms with van der Waals surface area (Å²) in [5.74, 6) is 0.713. The molecule has 2 aromatic heterocycles. The molecule has 0 saturated heterocycles. The lowest BCUT2D eigenvalue weighted by atomic mass is 10.2. The Morgan fingerprint density at radius 3 is 2.61 bits per heavy atom. The van der Waals surface area contributed by atoms with Gasteiger partial charge in [-0.3, -0.25) is 4.79 Å². The van der Waals surface area contributed by atoms with Crippen LogP contribution in [-0.2, 0) is 0 Å². The normalized spacial score (nSPS) is 10.3. The maximum Gasteiger partial charge on any atom is 0.292 e. The summed E-state index contributed by atoms with van der Waals surface area (Å²) in [4.78, 5) is 11.8. The number of anilines is 3. The van der Waals surface area contributed by atoms with Crippen LogP contribution < -0.4 is 10.6 Å². The van der Waals surface area contributed by atoms with Gasteiger partial charge >= 0.3 is 0 Å². The second-order valence-corrected chi connectivity index (χ2v) is 5.26. The third-order valence-electron chi connectivity index (χ3n) is 3.11. The molecular formula is C16H13ClN4O2. The van der Waals surface area contributed by atoms with Crippen LogP contribution in [-0.4, -0.2) is 16.1 Å². The number of nitrogens with one attached hydrogen (secondary N) is 2. The summed E-state index contributed by atoms with van der Waals surface area (Å²) in [6.07, 6.45) is 1.43. The number of hydrogen-bond acceptors (Lipinski definition) is 5. The van der Waals surface area contributed by atoms with Gasteiger partial charge in [-0.05, 0) is 48.9 Å². The quantitative estimate of drug-likeness (QED) is 0.756. The highest BCUT2D eigenvalue weighted by Crippen LogP contribution is 2.23. The molecule has 2 N–H and O–H groups in total. The van der Waals surface area contributed by atoms with E-state index >= 15 is 0 Å². The van der Waals surface area contributed by atoms with Crippen molar-refractivity contribution in [3.8, 4) is 0 Å². The van der Waals surface area contributed by atoms with Gasteiger partial charge in [0.25, 0.3) is 5.91 Å². The number of nitrogens with zero attached hydrogens (tertiary/aromatic N) is 2. The van der Waals surface area contributed by atoms with Gasteiger partial charge in [0.2, 0.25) is 0 Å². The Labute approximate surface area is 137 Å². The number of aromatic nitrogens is 2. The van der Waals surface area contributed by atoms with Crippen molar-refractivity contribution in [2.24, 2.45) is 0 Å². The number of aryl methyl sites for hydroxylation is 1. The number of hydrogen-bond donors (Lipinski definition) is 2. The van der Waals surface area contributed by atoms with Crippen LogP contribution in [0.15, 0.2) is 53.1 Å². The highest BCUT2D eigenvalue weighted by molar-refractivity contribution is 6.30. The van der Waals surface area contributed by atoms with Gasteiger partial charge < -0.3 is 15.1 Å². The van der Waals surface area contributed by atoms with Crippen LogP contribution in [0, 0.1) is 6.92 Å². The Kier molecular flexibility index (Phi) is 4.25. The van der Waals surface area contributed by atoms with E-state index in [1.165, 1.54) is 6.26 Å². The van der Waals surface area contributed by atoms with E-state index in [0.29, 0.717) is 16.7 Å². The van der Waals surface area contributed by atoms with E-state index in [4.69, 9.17) is 16.0 Å². The van der Waals surface area contributed by atoms with E-state index in [-0.39, 0.29) is 11.7 Å². The minimum atomic E-state index is -0.379. The largest absolute Gasteiger partial charge is 0.459 e. The molecule has 0 saturated carbocycles. The Hall–Kier alpha value is -2.86. The van der Waals surface area contributed by atoms with E-state index in [2.05, 4.69) is 20.8 Å². The minimum Gasteiger partial charge on any atom is -0.459 e. The maximum absolute atomic E-state index is 11.8. The van der Waals surface area contributed by atoms with Crippen molar-refractivity contribution in [2.45, 2.75) is 6.92 Å². The SMILES string of the molecule is Cc1ccc(Cl)cc1Nc1ccc(NC(=O)c2ccco2)nn1. The Bertz CT molecular complexity index is 817. The molecule has 1 amide bonds. The third kappa shape index (κ3) is 3.67. The summed E-state index contributed by atoms with van der Waals surface area (Å²) in [5.41, 5.74) is 1.88. The zero-order valence-corrected chi connectivity index (χ0v) is 13.0. The molecule has 7 heteroatoms. The van der Waals surface area contributed by atoms with Gasteiger partial charge in [-0.2, -0.15) is 0 Å². The molecule has 3 aromatic rings. The van der Waals surface area contributed by atoms with E-state index in [1.54, 1.807) is 24.3 Å². The van der Waals surface area contributed by atoms with Crippen molar-refractivity contribution in [1.82, 2.24) is 10.2 Å². The standard InChI is InChI=1S/C16H13ClN4O2/c1-10-4-5-11(17)9-12(10)18-14-6-7-15(21-20-14)19-16(22)13-3-2-8-23-13/h2-9H,1H3,(H,18,20)(H,19,21,22). The topological polar surface area (TPSA) is 80.0 Å². The van der Waals surface area contributed by atoms with Crippen LogP contribution >= 0.6 is 11.6 Å². The van der Waals surface area contributed by atoms with Crippen LogP contribution in [0.5, 0.6) is 0 Å². The summed E-state index contributed by atoms with van der Waals surface area (Å²) in [7, 11) is 0.